The second-order valence-electron chi connectivity index (χ2n) is 6.21. The number of hydrogen-bond acceptors (Lipinski definition) is 2. The van der Waals surface area contributed by atoms with E-state index in [9.17, 15) is 5.11 Å². The summed E-state index contributed by atoms with van der Waals surface area (Å²) in [6.07, 6.45) is 4.24. The molecule has 126 valence electrons. The van der Waals surface area contributed by atoms with Gasteiger partial charge in [-0.3, -0.25) is 0 Å². The van der Waals surface area contributed by atoms with E-state index >= 15 is 0 Å². The smallest absolute Gasteiger partial charge is 0.0922 e. The van der Waals surface area contributed by atoms with Gasteiger partial charge in [0.05, 0.1) is 6.10 Å². The highest BCUT2D eigenvalue weighted by atomic mass is 35.5. The molecule has 0 fully saturated rings. The normalized spacial score (nSPS) is 12.9. The zero-order valence-electron chi connectivity index (χ0n) is 14.3. The Morgan fingerprint density at radius 2 is 1.57 bits per heavy atom. The van der Waals surface area contributed by atoms with Crippen molar-refractivity contribution < 1.29 is 5.11 Å². The third-order valence-electron chi connectivity index (χ3n) is 4.35. The first-order valence-corrected chi connectivity index (χ1v) is 9.12. The second kappa shape index (κ2) is 9.27. The standard InChI is InChI=1S/C20H28ClNO/c1-3-5-13-22(14-6-4-2)15-20(23)18-11-7-10-17-16(18)9-8-12-19(17)21/h7-12,20,23H,3-6,13-15H2,1-2H3/t20-/m0/s1. The average molecular weight is 334 g/mol. The van der Waals surface area contributed by atoms with Gasteiger partial charge in [-0.25, -0.2) is 0 Å². The maximum atomic E-state index is 10.8. The van der Waals surface area contributed by atoms with Crippen LogP contribution in [0, 0.1) is 0 Å². The Kier molecular flexibility index (Phi) is 7.35. The van der Waals surface area contributed by atoms with Crippen molar-refractivity contribution in [3.05, 3.63) is 47.0 Å². The van der Waals surface area contributed by atoms with Crippen LogP contribution in [0.1, 0.15) is 51.2 Å². The topological polar surface area (TPSA) is 23.5 Å². The van der Waals surface area contributed by atoms with Gasteiger partial charge in [0.15, 0.2) is 0 Å². The van der Waals surface area contributed by atoms with Crippen molar-refractivity contribution >= 4 is 22.4 Å². The summed E-state index contributed by atoms with van der Waals surface area (Å²) in [5.74, 6) is 0. The Hall–Kier alpha value is -1.09. The van der Waals surface area contributed by atoms with Gasteiger partial charge in [-0.1, -0.05) is 68.6 Å². The molecule has 2 nitrogen and oxygen atoms in total. The molecule has 0 aliphatic heterocycles. The summed E-state index contributed by atoms with van der Waals surface area (Å²) >= 11 is 6.28. The van der Waals surface area contributed by atoms with Crippen LogP contribution in [0.3, 0.4) is 0 Å². The van der Waals surface area contributed by atoms with Gasteiger partial charge < -0.3 is 10.0 Å². The summed E-state index contributed by atoms with van der Waals surface area (Å²) < 4.78 is 0. The molecule has 0 saturated heterocycles. The minimum atomic E-state index is -0.481. The first-order valence-electron chi connectivity index (χ1n) is 8.75. The number of aliphatic hydroxyl groups is 1. The molecule has 0 amide bonds. The molecule has 0 aliphatic rings. The fourth-order valence-electron chi connectivity index (χ4n) is 2.99. The van der Waals surface area contributed by atoms with Crippen molar-refractivity contribution in [1.82, 2.24) is 4.90 Å². The molecule has 2 rings (SSSR count). The first kappa shape index (κ1) is 18.3. The Balaban J connectivity index is 2.18. The van der Waals surface area contributed by atoms with Gasteiger partial charge in [-0.05, 0) is 42.9 Å². The van der Waals surface area contributed by atoms with Crippen LogP contribution in [-0.4, -0.2) is 29.6 Å². The molecule has 0 bridgehead atoms. The Bertz CT molecular complexity index is 606. The van der Waals surface area contributed by atoms with E-state index in [1.807, 2.05) is 36.4 Å². The fraction of sp³-hybridized carbons (Fsp3) is 0.500. The first-order chi connectivity index (χ1) is 11.2. The van der Waals surface area contributed by atoms with E-state index in [2.05, 4.69) is 18.7 Å². The monoisotopic (exact) mass is 333 g/mol. The van der Waals surface area contributed by atoms with Crippen LogP contribution >= 0.6 is 11.6 Å². The molecule has 1 atom stereocenters. The molecule has 0 radical (unpaired) electrons. The number of aliphatic hydroxyl groups excluding tert-OH is 1. The van der Waals surface area contributed by atoms with Crippen LogP contribution < -0.4 is 0 Å². The van der Waals surface area contributed by atoms with Crippen LogP contribution in [0.25, 0.3) is 10.8 Å². The summed E-state index contributed by atoms with van der Waals surface area (Å²) in [6, 6.07) is 11.9. The van der Waals surface area contributed by atoms with Crippen LogP contribution in [0.5, 0.6) is 0 Å². The Labute approximate surface area is 145 Å². The molecule has 0 heterocycles. The Morgan fingerprint density at radius 1 is 0.957 bits per heavy atom. The van der Waals surface area contributed by atoms with Gasteiger partial charge in [-0.2, -0.15) is 0 Å². The number of hydrogen-bond donors (Lipinski definition) is 1. The van der Waals surface area contributed by atoms with Crippen LogP contribution in [0.4, 0.5) is 0 Å². The van der Waals surface area contributed by atoms with Gasteiger partial charge in [-0.15, -0.1) is 0 Å². The van der Waals surface area contributed by atoms with Crippen molar-refractivity contribution in [2.45, 2.75) is 45.6 Å². The summed E-state index contributed by atoms with van der Waals surface area (Å²) in [7, 11) is 0. The predicted molar refractivity (Wildman–Crippen MR) is 100 cm³/mol. The highest BCUT2D eigenvalue weighted by Gasteiger charge is 2.16. The summed E-state index contributed by atoms with van der Waals surface area (Å²) in [6.45, 7) is 7.21. The van der Waals surface area contributed by atoms with Gasteiger partial charge >= 0.3 is 0 Å². The molecular formula is C20H28ClNO. The lowest BCUT2D eigenvalue weighted by molar-refractivity contribution is 0.112. The van der Waals surface area contributed by atoms with E-state index in [1.165, 1.54) is 25.7 Å². The number of halogens is 1. The summed E-state index contributed by atoms with van der Waals surface area (Å²) in [5, 5.41) is 13.6. The van der Waals surface area contributed by atoms with E-state index in [0.717, 1.165) is 34.4 Å². The third kappa shape index (κ3) is 4.94. The van der Waals surface area contributed by atoms with Crippen molar-refractivity contribution in [2.75, 3.05) is 19.6 Å². The molecule has 2 aromatic rings. The lowest BCUT2D eigenvalue weighted by Crippen LogP contribution is -2.30. The van der Waals surface area contributed by atoms with Crippen LogP contribution in [0.15, 0.2) is 36.4 Å². The van der Waals surface area contributed by atoms with Crippen LogP contribution in [0.2, 0.25) is 5.02 Å². The largest absolute Gasteiger partial charge is 0.387 e. The third-order valence-corrected chi connectivity index (χ3v) is 4.68. The van der Waals surface area contributed by atoms with Crippen molar-refractivity contribution in [3.8, 4) is 0 Å². The van der Waals surface area contributed by atoms with E-state index in [0.29, 0.717) is 6.54 Å². The minimum Gasteiger partial charge on any atom is -0.387 e. The molecule has 23 heavy (non-hydrogen) atoms. The van der Waals surface area contributed by atoms with Gasteiger partial charge in [0, 0.05) is 17.0 Å². The number of rotatable bonds is 9. The molecule has 0 unspecified atom stereocenters. The fourth-order valence-corrected chi connectivity index (χ4v) is 3.22. The lowest BCUT2D eigenvalue weighted by Gasteiger charge is -2.25. The average Bonchev–Trinajstić information content (AvgIpc) is 2.57. The van der Waals surface area contributed by atoms with Crippen molar-refractivity contribution in [3.63, 3.8) is 0 Å². The molecule has 1 N–H and O–H groups in total. The van der Waals surface area contributed by atoms with Gasteiger partial charge in [0.1, 0.15) is 0 Å². The second-order valence-corrected chi connectivity index (χ2v) is 6.61. The van der Waals surface area contributed by atoms with Crippen molar-refractivity contribution in [2.24, 2.45) is 0 Å². The van der Waals surface area contributed by atoms with E-state index in [-0.39, 0.29) is 0 Å². The molecule has 3 heteroatoms. The highest BCUT2D eigenvalue weighted by Crippen LogP contribution is 2.29. The number of benzene rings is 2. The quantitative estimate of drug-likeness (QED) is 0.661. The number of fused-ring (bicyclic) bond motifs is 1. The zero-order valence-corrected chi connectivity index (χ0v) is 15.0. The lowest BCUT2D eigenvalue weighted by atomic mass is 10.00. The summed E-state index contributed by atoms with van der Waals surface area (Å²) in [5.41, 5.74) is 0.975. The zero-order chi connectivity index (χ0) is 16.7. The van der Waals surface area contributed by atoms with Gasteiger partial charge in [0.25, 0.3) is 0 Å². The van der Waals surface area contributed by atoms with E-state index in [1.54, 1.807) is 0 Å². The van der Waals surface area contributed by atoms with E-state index in [4.69, 9.17) is 11.6 Å². The molecule has 0 spiro atoms. The molecule has 0 aliphatic carbocycles. The number of nitrogens with zero attached hydrogens (tertiary/aromatic N) is 1. The molecule has 0 saturated carbocycles. The van der Waals surface area contributed by atoms with Gasteiger partial charge in [0.2, 0.25) is 0 Å². The SMILES string of the molecule is CCCCN(CCCC)C[C@H](O)c1cccc2c(Cl)cccc12. The summed E-state index contributed by atoms with van der Waals surface area (Å²) in [4.78, 5) is 2.39. The van der Waals surface area contributed by atoms with Crippen LogP contribution in [-0.2, 0) is 0 Å². The molecular weight excluding hydrogens is 306 g/mol. The minimum absolute atomic E-state index is 0.481. The Morgan fingerprint density at radius 3 is 2.22 bits per heavy atom. The van der Waals surface area contributed by atoms with Crippen molar-refractivity contribution in [1.29, 1.82) is 0 Å². The maximum Gasteiger partial charge on any atom is 0.0922 e. The maximum absolute atomic E-state index is 10.8. The van der Waals surface area contributed by atoms with E-state index < -0.39 is 6.10 Å². The highest BCUT2D eigenvalue weighted by molar-refractivity contribution is 6.35. The predicted octanol–water partition coefficient (Wildman–Crippen LogP) is 5.43. The molecule has 2 aromatic carbocycles. The molecule has 0 aromatic heterocycles. The number of unbranched alkanes of at least 4 members (excludes halogenated alkanes) is 2.